The minimum Gasteiger partial charge on any atom is -0.344 e. The lowest BCUT2D eigenvalue weighted by Crippen LogP contribution is -1.75. The third kappa shape index (κ3) is 1.80. The number of hydrogen-bond donors (Lipinski definition) is 1. The van der Waals surface area contributed by atoms with Gasteiger partial charge in [0, 0.05) is 8.41 Å². The Balaban J connectivity index is 0.000000640. The van der Waals surface area contributed by atoms with Gasteiger partial charge in [0.1, 0.15) is 0 Å². The molecule has 0 atom stereocenters. The van der Waals surface area contributed by atoms with E-state index < -0.39 is 0 Å². The summed E-state index contributed by atoms with van der Waals surface area (Å²) < 4.78 is 0. The maximum Gasteiger partial charge on any atom is 0 e. The zero-order valence-electron chi connectivity index (χ0n) is 9.06. The molecule has 0 aliphatic rings. The van der Waals surface area contributed by atoms with Crippen molar-refractivity contribution in [2.45, 2.75) is 0 Å². The summed E-state index contributed by atoms with van der Waals surface area (Å²) in [6.07, 6.45) is 0. The first-order valence-corrected chi connectivity index (χ1v) is 4.82. The minimum atomic E-state index is 0. The Hall–Kier alpha value is -1.80. The Kier molecular flexibility index (Phi) is 3.70. The minimum absolute atomic E-state index is 0. The van der Waals surface area contributed by atoms with Crippen LogP contribution in [0, 0.1) is 0 Å². The normalized spacial score (nSPS) is 9.50. The number of fused-ring (bicyclic) bond motifs is 3. The lowest BCUT2D eigenvalue weighted by Gasteiger charge is -2.02. The van der Waals surface area contributed by atoms with E-state index in [1.807, 2.05) is 0 Å². The summed E-state index contributed by atoms with van der Waals surface area (Å²) in [6.45, 7) is 0. The van der Waals surface area contributed by atoms with Gasteiger partial charge in [0.2, 0.25) is 0 Å². The Morgan fingerprint density at radius 2 is 0.875 bits per heavy atom. The molecule has 0 aliphatic heterocycles. The molecular formula is C14H13BN. The van der Waals surface area contributed by atoms with Crippen LogP contribution in [0.4, 0.5) is 0 Å². The van der Waals surface area contributed by atoms with Crippen molar-refractivity contribution < 1.29 is 0 Å². The summed E-state index contributed by atoms with van der Waals surface area (Å²) in [5.74, 6) is 0. The fourth-order valence-electron chi connectivity index (χ4n) is 1.95. The van der Waals surface area contributed by atoms with Gasteiger partial charge in [-0.25, -0.2) is 0 Å². The Bertz CT molecular complexity index is 550. The van der Waals surface area contributed by atoms with Crippen LogP contribution >= 0.6 is 0 Å². The second-order valence-corrected chi connectivity index (χ2v) is 3.51. The number of hydrogen-bond acceptors (Lipinski definition) is 1. The van der Waals surface area contributed by atoms with Crippen LogP contribution in [-0.2, 0) is 0 Å². The molecule has 2 heteroatoms. The summed E-state index contributed by atoms with van der Waals surface area (Å²) in [7, 11) is 0. The van der Waals surface area contributed by atoms with Gasteiger partial charge in [0.05, 0.1) is 0 Å². The SMILES string of the molecule is N.[B].c1ccc2c(c1)ccc1ccccc12. The van der Waals surface area contributed by atoms with Crippen LogP contribution in [0.25, 0.3) is 21.5 Å². The fraction of sp³-hybridized carbons (Fsp3) is 0. The zero-order chi connectivity index (χ0) is 9.38. The van der Waals surface area contributed by atoms with Crippen LogP contribution in [0.15, 0.2) is 60.7 Å². The highest BCUT2D eigenvalue weighted by molar-refractivity contribution is 6.07. The van der Waals surface area contributed by atoms with Crippen LogP contribution < -0.4 is 6.15 Å². The van der Waals surface area contributed by atoms with Crippen LogP contribution in [0.1, 0.15) is 0 Å². The summed E-state index contributed by atoms with van der Waals surface area (Å²) in [5.41, 5.74) is 0. The molecule has 0 unspecified atom stereocenters. The molecule has 0 saturated carbocycles. The average molecular weight is 206 g/mol. The molecule has 0 saturated heterocycles. The maximum atomic E-state index is 2.18. The number of rotatable bonds is 0. The summed E-state index contributed by atoms with van der Waals surface area (Å²) in [5, 5.41) is 5.30. The highest BCUT2D eigenvalue weighted by Crippen LogP contribution is 2.24. The molecule has 0 spiro atoms. The van der Waals surface area contributed by atoms with Crippen molar-refractivity contribution in [1.82, 2.24) is 6.15 Å². The molecule has 0 bridgehead atoms. The van der Waals surface area contributed by atoms with Crippen molar-refractivity contribution in [3.63, 3.8) is 0 Å². The second kappa shape index (κ2) is 4.82. The fourth-order valence-corrected chi connectivity index (χ4v) is 1.95. The lowest BCUT2D eigenvalue weighted by atomic mass is 10.0. The first-order chi connectivity index (χ1) is 6.95. The van der Waals surface area contributed by atoms with Crippen molar-refractivity contribution >= 4 is 30.0 Å². The standard InChI is InChI=1S/C14H10.B.H3N/c1-3-7-13-11(5-1)9-10-12-6-2-4-8-14(12)13;;/h1-10H;;1H3. The van der Waals surface area contributed by atoms with E-state index in [-0.39, 0.29) is 14.6 Å². The molecule has 1 nitrogen and oxygen atoms in total. The molecule has 77 valence electrons. The van der Waals surface area contributed by atoms with Crippen molar-refractivity contribution in [3.05, 3.63) is 60.7 Å². The van der Waals surface area contributed by atoms with E-state index in [0.29, 0.717) is 0 Å². The first-order valence-electron chi connectivity index (χ1n) is 4.82. The van der Waals surface area contributed by atoms with E-state index >= 15 is 0 Å². The van der Waals surface area contributed by atoms with Gasteiger partial charge in [-0.2, -0.15) is 0 Å². The van der Waals surface area contributed by atoms with Gasteiger partial charge in [0.15, 0.2) is 0 Å². The highest BCUT2D eigenvalue weighted by atomic mass is 14.0. The smallest absolute Gasteiger partial charge is 0 e. The van der Waals surface area contributed by atoms with Gasteiger partial charge in [-0.3, -0.25) is 0 Å². The number of benzene rings is 3. The molecule has 16 heavy (non-hydrogen) atoms. The summed E-state index contributed by atoms with van der Waals surface area (Å²) >= 11 is 0. The van der Waals surface area contributed by atoms with Gasteiger partial charge in [-0.15, -0.1) is 0 Å². The van der Waals surface area contributed by atoms with Gasteiger partial charge < -0.3 is 6.15 Å². The predicted molar refractivity (Wildman–Crippen MR) is 72.2 cm³/mol. The van der Waals surface area contributed by atoms with Crippen molar-refractivity contribution in [3.8, 4) is 0 Å². The predicted octanol–water partition coefficient (Wildman–Crippen LogP) is 3.77. The molecule has 0 aromatic heterocycles. The van der Waals surface area contributed by atoms with Crippen molar-refractivity contribution in [2.75, 3.05) is 0 Å². The van der Waals surface area contributed by atoms with Crippen LogP contribution in [0.5, 0.6) is 0 Å². The third-order valence-corrected chi connectivity index (χ3v) is 2.65. The van der Waals surface area contributed by atoms with Gasteiger partial charge in [-0.1, -0.05) is 60.7 Å². The Morgan fingerprint density at radius 3 is 1.31 bits per heavy atom. The van der Waals surface area contributed by atoms with Crippen molar-refractivity contribution in [2.24, 2.45) is 0 Å². The molecular weight excluding hydrogens is 193 g/mol. The van der Waals surface area contributed by atoms with Crippen LogP contribution in [-0.4, -0.2) is 8.41 Å². The van der Waals surface area contributed by atoms with Crippen molar-refractivity contribution in [1.29, 1.82) is 0 Å². The molecule has 0 fully saturated rings. The molecule has 3 radical (unpaired) electrons. The topological polar surface area (TPSA) is 35.0 Å². The monoisotopic (exact) mass is 206 g/mol. The van der Waals surface area contributed by atoms with E-state index in [9.17, 15) is 0 Å². The quantitative estimate of drug-likeness (QED) is 0.440. The molecule has 0 heterocycles. The Morgan fingerprint density at radius 1 is 0.500 bits per heavy atom. The van der Waals surface area contributed by atoms with E-state index in [0.717, 1.165) is 0 Å². The molecule has 0 aliphatic carbocycles. The lowest BCUT2D eigenvalue weighted by molar-refractivity contribution is 1.76. The van der Waals surface area contributed by atoms with Gasteiger partial charge in [0.25, 0.3) is 0 Å². The third-order valence-electron chi connectivity index (χ3n) is 2.65. The van der Waals surface area contributed by atoms with E-state index in [1.165, 1.54) is 21.5 Å². The highest BCUT2D eigenvalue weighted by Gasteiger charge is 1.97. The molecule has 3 rings (SSSR count). The molecule has 0 amide bonds. The maximum absolute atomic E-state index is 2.18. The van der Waals surface area contributed by atoms with E-state index in [1.54, 1.807) is 0 Å². The van der Waals surface area contributed by atoms with E-state index in [2.05, 4.69) is 60.7 Å². The molecule has 3 aromatic carbocycles. The van der Waals surface area contributed by atoms with Gasteiger partial charge in [-0.05, 0) is 21.5 Å². The van der Waals surface area contributed by atoms with Gasteiger partial charge >= 0.3 is 0 Å². The Labute approximate surface area is 97.3 Å². The van der Waals surface area contributed by atoms with E-state index in [4.69, 9.17) is 0 Å². The summed E-state index contributed by atoms with van der Waals surface area (Å²) in [4.78, 5) is 0. The van der Waals surface area contributed by atoms with Crippen LogP contribution in [0.2, 0.25) is 0 Å². The first kappa shape index (κ1) is 12.3. The molecule has 3 N–H and O–H groups in total. The average Bonchev–Trinajstić information content (AvgIpc) is 2.29. The largest absolute Gasteiger partial charge is 0.344 e. The second-order valence-electron chi connectivity index (χ2n) is 3.51. The van der Waals surface area contributed by atoms with Crippen LogP contribution in [0.3, 0.4) is 0 Å². The molecule has 3 aromatic rings. The zero-order valence-corrected chi connectivity index (χ0v) is 9.06. The summed E-state index contributed by atoms with van der Waals surface area (Å²) in [6, 6.07) is 21.4.